The van der Waals surface area contributed by atoms with Gasteiger partial charge in [0.2, 0.25) is 0 Å². The molecule has 38 heavy (non-hydrogen) atoms. The van der Waals surface area contributed by atoms with Crippen LogP contribution in [0.15, 0.2) is 140 Å². The number of hydrogen-bond donors (Lipinski definition) is 0. The lowest BCUT2D eigenvalue weighted by molar-refractivity contribution is 1.13. The third kappa shape index (κ3) is 3.06. The molecule has 0 atom stereocenters. The van der Waals surface area contributed by atoms with Crippen LogP contribution in [-0.4, -0.2) is 14.1 Å². The number of benzene rings is 5. The maximum atomic E-state index is 4.53. The van der Waals surface area contributed by atoms with Gasteiger partial charge in [0.15, 0.2) is 0 Å². The van der Waals surface area contributed by atoms with E-state index in [0.29, 0.717) is 0 Å². The van der Waals surface area contributed by atoms with E-state index in [9.17, 15) is 0 Å². The summed E-state index contributed by atoms with van der Waals surface area (Å²) in [6.07, 6.45) is 4.03. The van der Waals surface area contributed by atoms with E-state index in [1.54, 1.807) is 0 Å². The van der Waals surface area contributed by atoms with Gasteiger partial charge in [0, 0.05) is 50.9 Å². The molecular weight excluding hydrogens is 462 g/mol. The van der Waals surface area contributed by atoms with Crippen LogP contribution in [0, 0.1) is 0 Å². The van der Waals surface area contributed by atoms with Crippen LogP contribution in [0.4, 0.5) is 0 Å². The van der Waals surface area contributed by atoms with Crippen LogP contribution in [0.25, 0.3) is 66.1 Å². The van der Waals surface area contributed by atoms with Crippen molar-refractivity contribution in [3.8, 4) is 22.6 Å². The summed E-state index contributed by atoms with van der Waals surface area (Å²) >= 11 is 0. The van der Waals surface area contributed by atoms with Gasteiger partial charge >= 0.3 is 0 Å². The fourth-order valence-corrected chi connectivity index (χ4v) is 5.89. The highest BCUT2D eigenvalue weighted by atomic mass is 15.0. The topological polar surface area (TPSA) is 22.8 Å². The molecule has 0 fully saturated rings. The number of nitrogens with zero attached hydrogens (tertiary/aromatic N) is 3. The molecular formula is C35H23N3. The van der Waals surface area contributed by atoms with E-state index in [-0.39, 0.29) is 0 Å². The van der Waals surface area contributed by atoms with E-state index in [2.05, 4.69) is 136 Å². The molecule has 3 aromatic heterocycles. The SMILES string of the molecule is c1ccc(-n2ccc3c4c(ccc5c6ccccc6n(-c6ccc(-c7ccccn7)cc6)c54)ccc32)cc1. The van der Waals surface area contributed by atoms with E-state index >= 15 is 0 Å². The molecule has 0 unspecified atom stereocenters. The van der Waals surface area contributed by atoms with Crippen molar-refractivity contribution >= 4 is 43.5 Å². The van der Waals surface area contributed by atoms with Crippen LogP contribution in [0.2, 0.25) is 0 Å². The average Bonchev–Trinajstić information content (AvgIpc) is 3.58. The third-order valence-corrected chi connectivity index (χ3v) is 7.61. The van der Waals surface area contributed by atoms with E-state index < -0.39 is 0 Å². The lowest BCUT2D eigenvalue weighted by Gasteiger charge is -2.12. The third-order valence-electron chi connectivity index (χ3n) is 7.61. The van der Waals surface area contributed by atoms with Gasteiger partial charge in [-0.1, -0.05) is 72.8 Å². The van der Waals surface area contributed by atoms with Gasteiger partial charge in [-0.05, 0) is 60.0 Å². The van der Waals surface area contributed by atoms with Crippen molar-refractivity contribution < 1.29 is 0 Å². The second kappa shape index (κ2) is 8.19. The molecule has 8 aromatic rings. The Hall–Kier alpha value is -5.15. The molecule has 0 spiro atoms. The molecule has 0 N–H and O–H groups in total. The minimum atomic E-state index is 0.982. The average molecular weight is 486 g/mol. The largest absolute Gasteiger partial charge is 0.317 e. The zero-order valence-corrected chi connectivity index (χ0v) is 20.6. The monoisotopic (exact) mass is 485 g/mol. The van der Waals surface area contributed by atoms with Crippen LogP contribution in [0.3, 0.4) is 0 Å². The molecule has 3 heterocycles. The molecule has 0 aliphatic rings. The van der Waals surface area contributed by atoms with E-state index in [0.717, 1.165) is 16.9 Å². The summed E-state index contributed by atoms with van der Waals surface area (Å²) in [6, 6.07) is 45.4. The number of aromatic nitrogens is 3. The van der Waals surface area contributed by atoms with Gasteiger partial charge in [0.25, 0.3) is 0 Å². The summed E-state index contributed by atoms with van der Waals surface area (Å²) in [4.78, 5) is 4.53. The Balaban J connectivity index is 1.46. The normalized spacial score (nSPS) is 11.7. The quantitative estimate of drug-likeness (QED) is 0.245. The molecule has 178 valence electrons. The Morgan fingerprint density at radius 3 is 2.13 bits per heavy atom. The first kappa shape index (κ1) is 21.0. The summed E-state index contributed by atoms with van der Waals surface area (Å²) in [5.74, 6) is 0. The predicted molar refractivity (Wildman–Crippen MR) is 158 cm³/mol. The minimum absolute atomic E-state index is 0.982. The van der Waals surface area contributed by atoms with E-state index in [4.69, 9.17) is 0 Å². The van der Waals surface area contributed by atoms with Gasteiger partial charge in [-0.15, -0.1) is 0 Å². The summed E-state index contributed by atoms with van der Waals surface area (Å²) in [6.45, 7) is 0. The number of hydrogen-bond acceptors (Lipinski definition) is 1. The highest BCUT2D eigenvalue weighted by Crippen LogP contribution is 2.40. The summed E-state index contributed by atoms with van der Waals surface area (Å²) < 4.78 is 4.71. The van der Waals surface area contributed by atoms with Gasteiger partial charge in [-0.2, -0.15) is 0 Å². The van der Waals surface area contributed by atoms with Crippen LogP contribution < -0.4 is 0 Å². The number of rotatable bonds is 3. The Labute approximate surface area is 219 Å². The Morgan fingerprint density at radius 2 is 1.29 bits per heavy atom. The minimum Gasteiger partial charge on any atom is -0.317 e. The number of pyridine rings is 1. The Morgan fingerprint density at radius 1 is 0.500 bits per heavy atom. The first-order valence-electron chi connectivity index (χ1n) is 12.9. The maximum Gasteiger partial charge on any atom is 0.0701 e. The lowest BCUT2D eigenvalue weighted by Crippen LogP contribution is -1.95. The van der Waals surface area contributed by atoms with Crippen molar-refractivity contribution in [3.63, 3.8) is 0 Å². The van der Waals surface area contributed by atoms with Gasteiger partial charge in [-0.25, -0.2) is 0 Å². The molecule has 0 aliphatic heterocycles. The smallest absolute Gasteiger partial charge is 0.0701 e. The molecule has 5 aromatic carbocycles. The fraction of sp³-hybridized carbons (Fsp3) is 0. The highest BCUT2D eigenvalue weighted by molar-refractivity contribution is 6.25. The highest BCUT2D eigenvalue weighted by Gasteiger charge is 2.17. The maximum absolute atomic E-state index is 4.53. The zero-order valence-electron chi connectivity index (χ0n) is 20.6. The number of para-hydroxylation sites is 2. The summed E-state index contributed by atoms with van der Waals surface area (Å²) in [5, 5.41) is 6.30. The van der Waals surface area contributed by atoms with Crippen molar-refractivity contribution in [2.75, 3.05) is 0 Å². The molecule has 0 amide bonds. The first-order chi connectivity index (χ1) is 18.9. The summed E-state index contributed by atoms with van der Waals surface area (Å²) in [5.41, 5.74) is 8.06. The van der Waals surface area contributed by atoms with Gasteiger partial charge in [0.1, 0.15) is 0 Å². The molecule has 0 radical (unpaired) electrons. The van der Waals surface area contributed by atoms with Crippen molar-refractivity contribution in [3.05, 3.63) is 140 Å². The van der Waals surface area contributed by atoms with Crippen molar-refractivity contribution in [1.29, 1.82) is 0 Å². The van der Waals surface area contributed by atoms with Gasteiger partial charge in [0.05, 0.1) is 22.2 Å². The molecule has 8 rings (SSSR count). The molecule has 3 heteroatoms. The van der Waals surface area contributed by atoms with Crippen molar-refractivity contribution in [2.45, 2.75) is 0 Å². The Kier molecular flexibility index (Phi) is 4.52. The van der Waals surface area contributed by atoms with Gasteiger partial charge in [-0.3, -0.25) is 4.98 Å². The van der Waals surface area contributed by atoms with E-state index in [1.165, 1.54) is 49.2 Å². The first-order valence-corrected chi connectivity index (χ1v) is 12.9. The number of fused-ring (bicyclic) bond motifs is 7. The lowest BCUT2D eigenvalue weighted by atomic mass is 10.0. The molecule has 0 saturated heterocycles. The Bertz CT molecular complexity index is 2100. The van der Waals surface area contributed by atoms with Crippen LogP contribution in [0.1, 0.15) is 0 Å². The summed E-state index contributed by atoms with van der Waals surface area (Å²) in [7, 11) is 0. The van der Waals surface area contributed by atoms with Crippen molar-refractivity contribution in [2.24, 2.45) is 0 Å². The zero-order chi connectivity index (χ0) is 25.1. The molecule has 3 nitrogen and oxygen atoms in total. The molecule has 0 bridgehead atoms. The van der Waals surface area contributed by atoms with Gasteiger partial charge < -0.3 is 9.13 Å². The second-order valence-corrected chi connectivity index (χ2v) is 9.69. The molecule has 0 saturated carbocycles. The van der Waals surface area contributed by atoms with E-state index in [1.807, 2.05) is 18.3 Å². The van der Waals surface area contributed by atoms with Crippen LogP contribution in [0.5, 0.6) is 0 Å². The van der Waals surface area contributed by atoms with Crippen LogP contribution >= 0.6 is 0 Å². The molecule has 0 aliphatic carbocycles. The second-order valence-electron chi connectivity index (χ2n) is 9.69. The van der Waals surface area contributed by atoms with Crippen molar-refractivity contribution in [1.82, 2.24) is 14.1 Å². The predicted octanol–water partition coefficient (Wildman–Crippen LogP) is 8.94. The fourth-order valence-electron chi connectivity index (χ4n) is 5.89. The standard InChI is InChI=1S/C35H23N3/c1-2-8-26(9-3-1)37-23-21-30-32(37)20-16-25-15-19-29-28-10-4-5-12-33(28)38(35(29)34(25)30)27-17-13-24(14-18-27)31-11-6-7-22-36-31/h1-23H. The van der Waals surface area contributed by atoms with Crippen LogP contribution in [-0.2, 0) is 0 Å².